The van der Waals surface area contributed by atoms with E-state index in [1.807, 2.05) is 24.3 Å². The fraction of sp³-hybridized carbons (Fsp3) is 0.0588. The summed E-state index contributed by atoms with van der Waals surface area (Å²) in [5.41, 5.74) is 1.85. The molecule has 116 valence electrons. The lowest BCUT2D eigenvalue weighted by Crippen LogP contribution is -2.05. The third kappa shape index (κ3) is 3.54. The van der Waals surface area contributed by atoms with Gasteiger partial charge in [-0.15, -0.1) is 0 Å². The van der Waals surface area contributed by atoms with Gasteiger partial charge >= 0.3 is 5.97 Å². The van der Waals surface area contributed by atoms with Crippen molar-refractivity contribution in [2.24, 2.45) is 4.99 Å². The summed E-state index contributed by atoms with van der Waals surface area (Å²) in [5.74, 6) is 0.515. The number of benzene rings is 2. The Morgan fingerprint density at radius 3 is 2.52 bits per heavy atom. The third-order valence-electron chi connectivity index (χ3n) is 3.19. The number of cyclic esters (lactones) is 1. The molecule has 0 aromatic heterocycles. The average Bonchev–Trinajstić information content (AvgIpc) is 2.90. The summed E-state index contributed by atoms with van der Waals surface area (Å²) in [4.78, 5) is 16.3. The van der Waals surface area contributed by atoms with Gasteiger partial charge in [0.05, 0.1) is 11.6 Å². The summed E-state index contributed by atoms with van der Waals surface area (Å²) >= 11 is 6.78. The van der Waals surface area contributed by atoms with Gasteiger partial charge < -0.3 is 9.47 Å². The molecule has 2 aromatic carbocycles. The number of esters is 1. The lowest BCUT2D eigenvalue weighted by Gasteiger charge is -2.05. The molecule has 0 spiro atoms. The molecule has 0 saturated carbocycles. The maximum Gasteiger partial charge on any atom is 0.363 e. The highest BCUT2D eigenvalue weighted by Crippen LogP contribution is 2.28. The Morgan fingerprint density at radius 2 is 1.87 bits per heavy atom. The van der Waals surface area contributed by atoms with Crippen molar-refractivity contribution < 1.29 is 14.3 Å². The Hall–Kier alpha value is -1.92. The highest BCUT2D eigenvalue weighted by molar-refractivity contribution is 9.10. The minimum atomic E-state index is -0.463. The summed E-state index contributed by atoms with van der Waals surface area (Å²) in [5, 5.41) is 0. The van der Waals surface area contributed by atoms with Crippen molar-refractivity contribution in [3.8, 4) is 5.75 Å². The highest BCUT2D eigenvalue weighted by Gasteiger charge is 2.24. The first kappa shape index (κ1) is 16.0. The van der Waals surface area contributed by atoms with Gasteiger partial charge in [-0.25, -0.2) is 9.79 Å². The van der Waals surface area contributed by atoms with Crippen molar-refractivity contribution in [1.82, 2.24) is 0 Å². The number of carbonyl (C=O) groups excluding carboxylic acids is 1. The van der Waals surface area contributed by atoms with Gasteiger partial charge in [0, 0.05) is 10.0 Å². The van der Waals surface area contributed by atoms with Crippen LogP contribution in [0.3, 0.4) is 0 Å². The minimum Gasteiger partial charge on any atom is -0.496 e. The van der Waals surface area contributed by atoms with Crippen molar-refractivity contribution in [2.75, 3.05) is 7.11 Å². The summed E-state index contributed by atoms with van der Waals surface area (Å²) in [6.45, 7) is 0. The smallest absolute Gasteiger partial charge is 0.363 e. The zero-order valence-corrected chi connectivity index (χ0v) is 15.2. The number of nitrogens with zero attached hydrogens (tertiary/aromatic N) is 1. The van der Waals surface area contributed by atoms with Gasteiger partial charge in [0.2, 0.25) is 5.90 Å². The van der Waals surface area contributed by atoms with Crippen LogP contribution in [0, 0.1) is 0 Å². The first-order chi connectivity index (χ1) is 11.1. The molecule has 0 N–H and O–H groups in total. The predicted molar refractivity (Wildman–Crippen MR) is 95.4 cm³/mol. The normalized spacial score (nSPS) is 15.5. The third-order valence-corrected chi connectivity index (χ3v) is 4.34. The Bertz CT molecular complexity index is 826. The van der Waals surface area contributed by atoms with Crippen LogP contribution in [0.1, 0.15) is 11.1 Å². The summed E-state index contributed by atoms with van der Waals surface area (Å²) in [7, 11) is 1.59. The molecule has 0 saturated heterocycles. The second kappa shape index (κ2) is 6.68. The number of aliphatic imine (C=N–C) groups is 1. The quantitative estimate of drug-likeness (QED) is 0.523. The van der Waals surface area contributed by atoms with Crippen LogP contribution in [0.5, 0.6) is 5.75 Å². The van der Waals surface area contributed by atoms with E-state index in [1.54, 1.807) is 31.4 Å². The molecular weight excluding hydrogens is 426 g/mol. The first-order valence-corrected chi connectivity index (χ1v) is 8.27. The van der Waals surface area contributed by atoms with Gasteiger partial charge in [-0.3, -0.25) is 0 Å². The van der Waals surface area contributed by atoms with Gasteiger partial charge in [0.25, 0.3) is 0 Å². The molecule has 1 aliphatic heterocycles. The second-order valence-corrected chi connectivity index (χ2v) is 6.51. The van der Waals surface area contributed by atoms with E-state index in [-0.39, 0.29) is 11.6 Å². The van der Waals surface area contributed by atoms with Crippen molar-refractivity contribution >= 4 is 49.8 Å². The number of methoxy groups -OCH3 is 1. The molecule has 23 heavy (non-hydrogen) atoms. The second-order valence-electron chi connectivity index (χ2n) is 4.74. The summed E-state index contributed by atoms with van der Waals surface area (Å²) < 4.78 is 12.2. The molecule has 0 bridgehead atoms. The fourth-order valence-electron chi connectivity index (χ4n) is 2.05. The number of carbonyl (C=O) groups is 1. The zero-order chi connectivity index (χ0) is 16.4. The van der Waals surface area contributed by atoms with Crippen molar-refractivity contribution in [3.05, 3.63) is 68.2 Å². The van der Waals surface area contributed by atoms with Crippen LogP contribution in [0.2, 0.25) is 0 Å². The van der Waals surface area contributed by atoms with E-state index < -0.39 is 5.97 Å². The zero-order valence-electron chi connectivity index (χ0n) is 12.0. The number of hydrogen-bond donors (Lipinski definition) is 0. The predicted octanol–water partition coefficient (Wildman–Crippen LogP) is 4.56. The Morgan fingerprint density at radius 1 is 1.13 bits per heavy atom. The Labute approximate surface area is 150 Å². The molecule has 6 heteroatoms. The lowest BCUT2D eigenvalue weighted by molar-refractivity contribution is -0.129. The van der Waals surface area contributed by atoms with Crippen LogP contribution in [-0.4, -0.2) is 19.0 Å². The number of rotatable bonds is 3. The van der Waals surface area contributed by atoms with Crippen LogP contribution in [0.25, 0.3) is 6.08 Å². The van der Waals surface area contributed by atoms with Crippen molar-refractivity contribution in [1.29, 1.82) is 0 Å². The summed E-state index contributed by atoms with van der Waals surface area (Å²) in [6, 6.07) is 13.0. The van der Waals surface area contributed by atoms with Crippen LogP contribution in [-0.2, 0) is 9.53 Å². The van der Waals surface area contributed by atoms with Crippen LogP contribution < -0.4 is 4.74 Å². The molecule has 2 aromatic rings. The molecule has 4 nitrogen and oxygen atoms in total. The van der Waals surface area contributed by atoms with Crippen LogP contribution in [0.4, 0.5) is 0 Å². The van der Waals surface area contributed by atoms with Gasteiger partial charge in [0.15, 0.2) is 5.70 Å². The number of hydrogen-bond acceptors (Lipinski definition) is 4. The largest absolute Gasteiger partial charge is 0.496 e. The first-order valence-electron chi connectivity index (χ1n) is 6.69. The van der Waals surface area contributed by atoms with E-state index in [2.05, 4.69) is 36.9 Å². The maximum atomic E-state index is 12.0. The molecular formula is C17H11Br2NO3. The number of ether oxygens (including phenoxy) is 2. The number of halogens is 2. The standard InChI is InChI=1S/C17H11Br2NO3/c1-22-15-7-4-11(9-13(15)19)16-20-14(17(21)23-16)8-10-2-5-12(18)6-3-10/h2-9H,1H3/b14-8-. The van der Waals surface area contributed by atoms with E-state index in [9.17, 15) is 4.79 Å². The SMILES string of the molecule is COc1ccc(C2=N/C(=C\c3ccc(Br)cc3)C(=O)O2)cc1Br. The van der Waals surface area contributed by atoms with Crippen LogP contribution >= 0.6 is 31.9 Å². The topological polar surface area (TPSA) is 47.9 Å². The lowest BCUT2D eigenvalue weighted by atomic mass is 10.2. The van der Waals surface area contributed by atoms with E-state index >= 15 is 0 Å². The summed E-state index contributed by atoms with van der Waals surface area (Å²) in [6.07, 6.45) is 1.69. The molecule has 1 aliphatic rings. The molecule has 0 atom stereocenters. The minimum absolute atomic E-state index is 0.272. The monoisotopic (exact) mass is 435 g/mol. The van der Waals surface area contributed by atoms with Gasteiger partial charge in [-0.05, 0) is 57.9 Å². The van der Waals surface area contributed by atoms with Gasteiger partial charge in [0.1, 0.15) is 5.75 Å². The van der Waals surface area contributed by atoms with E-state index in [1.165, 1.54) is 0 Å². The van der Waals surface area contributed by atoms with E-state index in [0.717, 1.165) is 14.5 Å². The Kier molecular flexibility index (Phi) is 4.63. The van der Waals surface area contributed by atoms with Gasteiger partial charge in [-0.2, -0.15) is 0 Å². The molecule has 0 aliphatic carbocycles. The molecule has 0 amide bonds. The molecule has 0 fully saturated rings. The van der Waals surface area contributed by atoms with Gasteiger partial charge in [-0.1, -0.05) is 28.1 Å². The fourth-order valence-corrected chi connectivity index (χ4v) is 2.85. The van der Waals surface area contributed by atoms with E-state index in [4.69, 9.17) is 9.47 Å². The van der Waals surface area contributed by atoms with Crippen LogP contribution in [0.15, 0.2) is 62.1 Å². The Balaban J connectivity index is 1.92. The average molecular weight is 437 g/mol. The molecule has 3 rings (SSSR count). The molecule has 0 unspecified atom stereocenters. The van der Waals surface area contributed by atoms with Crippen molar-refractivity contribution in [2.45, 2.75) is 0 Å². The molecule has 1 heterocycles. The van der Waals surface area contributed by atoms with Crippen molar-refractivity contribution in [3.63, 3.8) is 0 Å². The maximum absolute atomic E-state index is 12.0. The highest BCUT2D eigenvalue weighted by atomic mass is 79.9. The molecule has 0 radical (unpaired) electrons. The van der Waals surface area contributed by atoms with E-state index in [0.29, 0.717) is 11.3 Å².